The summed E-state index contributed by atoms with van der Waals surface area (Å²) < 4.78 is 15.4. The lowest BCUT2D eigenvalue weighted by Crippen LogP contribution is -2.33. The van der Waals surface area contributed by atoms with Gasteiger partial charge in [0.05, 0.1) is 19.8 Å². The lowest BCUT2D eigenvalue weighted by molar-refractivity contribution is -0.121. The second-order valence-corrected chi connectivity index (χ2v) is 5.60. The molecule has 0 fully saturated rings. The smallest absolute Gasteiger partial charge is 0.338 e. The Labute approximate surface area is 145 Å². The van der Waals surface area contributed by atoms with Gasteiger partial charge in [0.15, 0.2) is 6.61 Å². The summed E-state index contributed by atoms with van der Waals surface area (Å²) in [7, 11) is 3.00. The van der Waals surface area contributed by atoms with Gasteiger partial charge in [-0.1, -0.05) is 18.2 Å². The van der Waals surface area contributed by atoms with E-state index in [0.29, 0.717) is 18.0 Å². The van der Waals surface area contributed by atoms with Crippen molar-refractivity contribution >= 4 is 17.6 Å². The molecule has 0 bridgehead atoms. The number of nitrogens with zero attached hydrogens (tertiary/aromatic N) is 1. The molecule has 6 nitrogen and oxygen atoms in total. The normalized spacial score (nSPS) is 12.5. The van der Waals surface area contributed by atoms with Crippen molar-refractivity contribution in [3.05, 3.63) is 53.6 Å². The highest BCUT2D eigenvalue weighted by molar-refractivity contribution is 5.98. The highest BCUT2D eigenvalue weighted by Gasteiger charge is 2.25. The predicted octanol–water partition coefficient (Wildman–Crippen LogP) is 2.45. The van der Waals surface area contributed by atoms with Crippen molar-refractivity contribution in [1.82, 2.24) is 0 Å². The van der Waals surface area contributed by atoms with Crippen LogP contribution in [0.1, 0.15) is 15.9 Å². The Hall–Kier alpha value is -3.02. The van der Waals surface area contributed by atoms with Crippen LogP contribution in [0, 0.1) is 0 Å². The minimum atomic E-state index is -0.599. The van der Waals surface area contributed by atoms with Crippen LogP contribution in [0.4, 0.5) is 5.69 Å². The van der Waals surface area contributed by atoms with Gasteiger partial charge >= 0.3 is 5.97 Å². The van der Waals surface area contributed by atoms with E-state index in [2.05, 4.69) is 0 Å². The summed E-state index contributed by atoms with van der Waals surface area (Å²) in [6.45, 7) is 0.287. The molecule has 0 saturated carbocycles. The number of amides is 1. The number of hydrogen-bond acceptors (Lipinski definition) is 5. The van der Waals surface area contributed by atoms with Gasteiger partial charge in [-0.15, -0.1) is 0 Å². The first-order valence-corrected chi connectivity index (χ1v) is 7.91. The van der Waals surface area contributed by atoms with Gasteiger partial charge in [-0.2, -0.15) is 0 Å². The van der Waals surface area contributed by atoms with Gasteiger partial charge in [-0.05, 0) is 30.2 Å². The number of hydrogen-bond donors (Lipinski definition) is 0. The molecule has 25 heavy (non-hydrogen) atoms. The molecule has 0 spiro atoms. The monoisotopic (exact) mass is 341 g/mol. The average Bonchev–Trinajstić information content (AvgIpc) is 3.09. The number of para-hydroxylation sites is 1. The minimum Gasteiger partial charge on any atom is -0.497 e. The van der Waals surface area contributed by atoms with E-state index in [1.54, 1.807) is 23.1 Å². The van der Waals surface area contributed by atoms with Crippen LogP contribution < -0.4 is 14.4 Å². The minimum absolute atomic E-state index is 0.242. The maximum atomic E-state index is 12.4. The van der Waals surface area contributed by atoms with Gasteiger partial charge in [-0.25, -0.2) is 4.79 Å². The van der Waals surface area contributed by atoms with E-state index in [1.807, 2.05) is 24.3 Å². The standard InChI is InChI=1S/C19H19NO5/c1-23-15-9-14(10-16(11-15)24-2)19(22)25-12-18(21)20-8-7-13-5-3-4-6-17(13)20/h3-6,9-11H,7-8,12H2,1-2H3. The molecule has 2 aromatic carbocycles. The number of anilines is 1. The van der Waals surface area contributed by atoms with Crippen LogP contribution >= 0.6 is 0 Å². The SMILES string of the molecule is COc1cc(OC)cc(C(=O)OCC(=O)N2CCc3ccccc32)c1. The Morgan fingerprint density at radius 2 is 1.72 bits per heavy atom. The molecule has 3 rings (SSSR count). The third kappa shape index (κ3) is 3.57. The van der Waals surface area contributed by atoms with Gasteiger partial charge in [0, 0.05) is 18.3 Å². The zero-order chi connectivity index (χ0) is 17.8. The topological polar surface area (TPSA) is 65.1 Å². The van der Waals surface area contributed by atoms with Gasteiger partial charge in [0.1, 0.15) is 11.5 Å². The molecule has 0 atom stereocenters. The van der Waals surface area contributed by atoms with Crippen molar-refractivity contribution in [2.24, 2.45) is 0 Å². The molecule has 130 valence electrons. The van der Waals surface area contributed by atoms with Crippen LogP contribution in [-0.4, -0.2) is 39.2 Å². The quantitative estimate of drug-likeness (QED) is 0.782. The average molecular weight is 341 g/mol. The van der Waals surface area contributed by atoms with Crippen molar-refractivity contribution in [1.29, 1.82) is 0 Å². The van der Waals surface area contributed by atoms with E-state index in [1.165, 1.54) is 14.2 Å². The molecular formula is C19H19NO5. The van der Waals surface area contributed by atoms with E-state index >= 15 is 0 Å². The van der Waals surface area contributed by atoms with Crippen molar-refractivity contribution < 1.29 is 23.8 Å². The number of ether oxygens (including phenoxy) is 3. The fraction of sp³-hybridized carbons (Fsp3) is 0.263. The largest absolute Gasteiger partial charge is 0.497 e. The van der Waals surface area contributed by atoms with Crippen molar-refractivity contribution in [3.63, 3.8) is 0 Å². The first-order chi connectivity index (χ1) is 12.1. The van der Waals surface area contributed by atoms with E-state index in [9.17, 15) is 9.59 Å². The maximum absolute atomic E-state index is 12.4. The summed E-state index contributed by atoms with van der Waals surface area (Å²) >= 11 is 0. The number of rotatable bonds is 5. The third-order valence-corrected chi connectivity index (χ3v) is 4.10. The van der Waals surface area contributed by atoms with Crippen molar-refractivity contribution in [2.75, 3.05) is 32.3 Å². The number of carbonyl (C=O) groups is 2. The lowest BCUT2D eigenvalue weighted by Gasteiger charge is -2.17. The van der Waals surface area contributed by atoms with E-state index in [-0.39, 0.29) is 18.1 Å². The molecule has 2 aromatic rings. The second-order valence-electron chi connectivity index (χ2n) is 5.60. The Morgan fingerprint density at radius 3 is 2.40 bits per heavy atom. The molecule has 0 saturated heterocycles. The Morgan fingerprint density at radius 1 is 1.04 bits per heavy atom. The van der Waals surface area contributed by atoms with Gasteiger partial charge in [0.25, 0.3) is 5.91 Å². The summed E-state index contributed by atoms with van der Waals surface area (Å²) in [5, 5.41) is 0. The molecule has 0 aliphatic carbocycles. The third-order valence-electron chi connectivity index (χ3n) is 4.10. The van der Waals surface area contributed by atoms with E-state index < -0.39 is 5.97 Å². The molecule has 0 radical (unpaired) electrons. The number of carbonyl (C=O) groups excluding carboxylic acids is 2. The molecule has 1 heterocycles. The number of methoxy groups -OCH3 is 2. The zero-order valence-corrected chi connectivity index (χ0v) is 14.2. The second kappa shape index (κ2) is 7.25. The fourth-order valence-electron chi connectivity index (χ4n) is 2.81. The number of esters is 1. The summed E-state index contributed by atoms with van der Waals surface area (Å²) in [4.78, 5) is 26.3. The summed E-state index contributed by atoms with van der Waals surface area (Å²) in [5.74, 6) is 0.114. The molecule has 1 aliphatic heterocycles. The predicted molar refractivity (Wildman–Crippen MR) is 92.3 cm³/mol. The van der Waals surface area contributed by atoms with Crippen LogP contribution in [0.2, 0.25) is 0 Å². The highest BCUT2D eigenvalue weighted by atomic mass is 16.5. The number of fused-ring (bicyclic) bond motifs is 1. The molecule has 0 aromatic heterocycles. The lowest BCUT2D eigenvalue weighted by atomic mass is 10.2. The summed E-state index contributed by atoms with van der Waals surface area (Å²) in [5.41, 5.74) is 2.28. The summed E-state index contributed by atoms with van der Waals surface area (Å²) in [6, 6.07) is 12.5. The zero-order valence-electron chi connectivity index (χ0n) is 14.2. The maximum Gasteiger partial charge on any atom is 0.338 e. The molecule has 6 heteroatoms. The van der Waals surface area contributed by atoms with Gasteiger partial charge in [-0.3, -0.25) is 4.79 Å². The molecular weight excluding hydrogens is 322 g/mol. The van der Waals surface area contributed by atoms with Gasteiger partial charge in [0.2, 0.25) is 0 Å². The van der Waals surface area contributed by atoms with Crippen LogP contribution in [0.5, 0.6) is 11.5 Å². The van der Waals surface area contributed by atoms with Gasteiger partial charge < -0.3 is 19.1 Å². The van der Waals surface area contributed by atoms with Crippen LogP contribution in [0.3, 0.4) is 0 Å². The fourth-order valence-corrected chi connectivity index (χ4v) is 2.81. The Balaban J connectivity index is 1.66. The molecule has 0 unspecified atom stereocenters. The van der Waals surface area contributed by atoms with Crippen molar-refractivity contribution in [3.8, 4) is 11.5 Å². The highest BCUT2D eigenvalue weighted by Crippen LogP contribution is 2.27. The molecule has 1 aliphatic rings. The summed E-state index contributed by atoms with van der Waals surface area (Å²) in [6.07, 6.45) is 0.808. The first kappa shape index (κ1) is 16.8. The van der Waals surface area contributed by atoms with E-state index in [4.69, 9.17) is 14.2 Å². The van der Waals surface area contributed by atoms with Crippen LogP contribution in [0.15, 0.2) is 42.5 Å². The van der Waals surface area contributed by atoms with Crippen LogP contribution in [0.25, 0.3) is 0 Å². The van der Waals surface area contributed by atoms with Crippen LogP contribution in [-0.2, 0) is 16.0 Å². The number of benzene rings is 2. The molecule has 1 amide bonds. The van der Waals surface area contributed by atoms with Crippen molar-refractivity contribution in [2.45, 2.75) is 6.42 Å². The Kier molecular flexibility index (Phi) is 4.88. The Bertz CT molecular complexity index is 780. The molecule has 0 N–H and O–H groups in total. The first-order valence-electron chi connectivity index (χ1n) is 7.91. The van der Waals surface area contributed by atoms with E-state index in [0.717, 1.165) is 17.7 Å².